The highest BCUT2D eigenvalue weighted by molar-refractivity contribution is 6.51. The highest BCUT2D eigenvalue weighted by atomic mass is 16.5. The lowest BCUT2D eigenvalue weighted by molar-refractivity contribution is -0.132. The predicted octanol–water partition coefficient (Wildman–Crippen LogP) is 5.67. The lowest BCUT2D eigenvalue weighted by Crippen LogP contribution is -2.29. The highest BCUT2D eigenvalue weighted by Gasteiger charge is 2.47. The Kier molecular flexibility index (Phi) is 6.92. The number of aliphatic hydroxyl groups excluding tert-OH is 1. The highest BCUT2D eigenvalue weighted by Crippen LogP contribution is 2.43. The van der Waals surface area contributed by atoms with Crippen molar-refractivity contribution in [1.82, 2.24) is 0 Å². The maximum absolute atomic E-state index is 13.4. The van der Waals surface area contributed by atoms with Crippen LogP contribution in [0.1, 0.15) is 43.5 Å². The number of aryl methyl sites for hydroxylation is 1. The number of carbonyl (C=O) groups is 2. The molecule has 1 aliphatic heterocycles. The monoisotopic (exact) mass is 471 g/mol. The fraction of sp³-hybridized carbons (Fsp3) is 0.241. The molecule has 180 valence electrons. The van der Waals surface area contributed by atoms with Gasteiger partial charge in [-0.25, -0.2) is 0 Å². The molecule has 3 aromatic carbocycles. The third-order valence-electron chi connectivity index (χ3n) is 5.96. The average molecular weight is 472 g/mol. The summed E-state index contributed by atoms with van der Waals surface area (Å²) in [4.78, 5) is 28.1. The Morgan fingerprint density at radius 2 is 1.66 bits per heavy atom. The molecule has 6 heteroatoms. The van der Waals surface area contributed by atoms with E-state index in [1.807, 2.05) is 51.1 Å². The smallest absolute Gasteiger partial charge is 0.300 e. The van der Waals surface area contributed by atoms with Gasteiger partial charge in [-0.1, -0.05) is 49.4 Å². The van der Waals surface area contributed by atoms with Gasteiger partial charge in [-0.2, -0.15) is 0 Å². The molecular weight excluding hydrogens is 442 g/mol. The van der Waals surface area contributed by atoms with Crippen LogP contribution in [0.4, 0.5) is 5.69 Å². The number of ether oxygens (including phenoxy) is 2. The third kappa shape index (κ3) is 4.78. The number of ketones is 1. The zero-order chi connectivity index (χ0) is 25.1. The largest absolute Gasteiger partial charge is 0.507 e. The Morgan fingerprint density at radius 3 is 2.31 bits per heavy atom. The van der Waals surface area contributed by atoms with Crippen molar-refractivity contribution in [3.8, 4) is 11.5 Å². The van der Waals surface area contributed by atoms with Crippen molar-refractivity contribution in [2.24, 2.45) is 0 Å². The topological polar surface area (TPSA) is 76.1 Å². The van der Waals surface area contributed by atoms with E-state index in [2.05, 4.69) is 0 Å². The average Bonchev–Trinajstić information content (AvgIpc) is 3.13. The van der Waals surface area contributed by atoms with Crippen LogP contribution in [-0.4, -0.2) is 30.0 Å². The lowest BCUT2D eigenvalue weighted by atomic mass is 9.94. The van der Waals surface area contributed by atoms with Crippen molar-refractivity contribution in [3.05, 3.63) is 95.1 Å². The molecular formula is C29H29NO5. The molecule has 1 saturated heterocycles. The van der Waals surface area contributed by atoms with Crippen LogP contribution in [0.5, 0.6) is 11.5 Å². The number of rotatable bonds is 7. The van der Waals surface area contributed by atoms with Crippen molar-refractivity contribution >= 4 is 23.1 Å². The molecule has 0 bridgehead atoms. The van der Waals surface area contributed by atoms with Crippen molar-refractivity contribution < 1.29 is 24.2 Å². The van der Waals surface area contributed by atoms with Crippen LogP contribution in [0, 0.1) is 0 Å². The normalized spacial score (nSPS) is 17.2. The van der Waals surface area contributed by atoms with Crippen LogP contribution < -0.4 is 14.4 Å². The van der Waals surface area contributed by atoms with Gasteiger partial charge in [0.15, 0.2) is 0 Å². The molecule has 0 saturated carbocycles. The molecule has 35 heavy (non-hydrogen) atoms. The second kappa shape index (κ2) is 10.1. The molecule has 0 aliphatic carbocycles. The third-order valence-corrected chi connectivity index (χ3v) is 5.96. The van der Waals surface area contributed by atoms with Crippen LogP contribution in [0.2, 0.25) is 0 Å². The predicted molar refractivity (Wildman–Crippen MR) is 136 cm³/mol. The minimum absolute atomic E-state index is 0.0313. The quantitative estimate of drug-likeness (QED) is 0.273. The summed E-state index contributed by atoms with van der Waals surface area (Å²) in [6.07, 6.45) is 0.802. The lowest BCUT2D eigenvalue weighted by Gasteiger charge is -2.26. The van der Waals surface area contributed by atoms with E-state index < -0.39 is 17.7 Å². The number of amides is 1. The number of aliphatic hydroxyl groups is 1. The number of carbonyl (C=O) groups excluding carboxylic acids is 2. The van der Waals surface area contributed by atoms with E-state index in [4.69, 9.17) is 9.47 Å². The summed E-state index contributed by atoms with van der Waals surface area (Å²) in [5, 5.41) is 11.3. The summed E-state index contributed by atoms with van der Waals surface area (Å²) in [6.45, 7) is 5.89. The van der Waals surface area contributed by atoms with Crippen molar-refractivity contribution in [3.63, 3.8) is 0 Å². The van der Waals surface area contributed by atoms with Crippen LogP contribution in [0.3, 0.4) is 0 Å². The number of anilines is 1. The van der Waals surface area contributed by atoms with Crippen molar-refractivity contribution in [1.29, 1.82) is 0 Å². The molecule has 4 rings (SSSR count). The Hall–Kier alpha value is -4.06. The zero-order valence-corrected chi connectivity index (χ0v) is 20.3. The van der Waals surface area contributed by atoms with E-state index in [-0.39, 0.29) is 17.4 Å². The summed E-state index contributed by atoms with van der Waals surface area (Å²) in [7, 11) is 1.54. The SMILES string of the molecule is CCc1ccc(/C(O)=C2\C(=O)C(=O)N(c3cccc(OC)c3)C2c2cccc(OC(C)C)c2)cc1. The number of hydrogen-bond donors (Lipinski definition) is 1. The molecule has 1 aliphatic rings. The van der Waals surface area contributed by atoms with Crippen LogP contribution in [-0.2, 0) is 16.0 Å². The van der Waals surface area contributed by atoms with Crippen LogP contribution >= 0.6 is 0 Å². The Bertz CT molecular complexity index is 1280. The van der Waals surface area contributed by atoms with Gasteiger partial charge in [0, 0.05) is 17.3 Å². The van der Waals surface area contributed by atoms with Gasteiger partial charge < -0.3 is 14.6 Å². The fourth-order valence-corrected chi connectivity index (χ4v) is 4.26. The number of Topliss-reactive ketones (excluding diaryl/α,β-unsaturated/α-hetero) is 1. The first-order valence-electron chi connectivity index (χ1n) is 11.6. The van der Waals surface area contributed by atoms with Gasteiger partial charge in [-0.15, -0.1) is 0 Å². The van der Waals surface area contributed by atoms with Gasteiger partial charge in [0.05, 0.1) is 24.8 Å². The minimum Gasteiger partial charge on any atom is -0.507 e. The fourth-order valence-electron chi connectivity index (χ4n) is 4.26. The Morgan fingerprint density at radius 1 is 0.971 bits per heavy atom. The van der Waals surface area contributed by atoms with Crippen LogP contribution in [0.25, 0.3) is 5.76 Å². The standard InChI is InChI=1S/C29H29NO5/c1-5-19-12-14-20(15-13-19)27(31)25-26(21-8-6-11-24(16-21)35-18(2)3)30(29(33)28(25)32)22-9-7-10-23(17-22)34-4/h6-18,26,31H,5H2,1-4H3/b27-25+. The molecule has 0 spiro atoms. The van der Waals surface area contributed by atoms with E-state index in [9.17, 15) is 14.7 Å². The number of benzene rings is 3. The number of nitrogens with zero attached hydrogens (tertiary/aromatic N) is 1. The molecule has 6 nitrogen and oxygen atoms in total. The summed E-state index contributed by atoms with van der Waals surface area (Å²) in [6, 6.07) is 20.7. The molecule has 0 aromatic heterocycles. The van der Waals surface area contributed by atoms with Gasteiger partial charge >= 0.3 is 0 Å². The van der Waals surface area contributed by atoms with Gasteiger partial charge in [-0.05, 0) is 55.7 Å². The Labute approximate surface area is 205 Å². The summed E-state index contributed by atoms with van der Waals surface area (Å²) < 4.78 is 11.2. The minimum atomic E-state index is -0.844. The van der Waals surface area contributed by atoms with Gasteiger partial charge in [0.1, 0.15) is 17.3 Å². The molecule has 3 aromatic rings. The van der Waals surface area contributed by atoms with E-state index in [0.717, 1.165) is 12.0 Å². The van der Waals surface area contributed by atoms with Crippen molar-refractivity contribution in [2.75, 3.05) is 12.0 Å². The van der Waals surface area contributed by atoms with E-state index in [0.29, 0.717) is 28.3 Å². The van der Waals surface area contributed by atoms with Gasteiger partial charge in [0.2, 0.25) is 0 Å². The second-order valence-electron chi connectivity index (χ2n) is 8.66. The molecule has 0 radical (unpaired) electrons. The summed E-state index contributed by atoms with van der Waals surface area (Å²) >= 11 is 0. The van der Waals surface area contributed by atoms with Crippen molar-refractivity contribution in [2.45, 2.75) is 39.3 Å². The molecule has 1 amide bonds. The van der Waals surface area contributed by atoms with Gasteiger partial charge in [0.25, 0.3) is 11.7 Å². The second-order valence-corrected chi connectivity index (χ2v) is 8.66. The number of hydrogen-bond acceptors (Lipinski definition) is 5. The number of methoxy groups -OCH3 is 1. The first-order valence-corrected chi connectivity index (χ1v) is 11.6. The first kappa shape index (κ1) is 24.1. The molecule has 1 atom stereocenters. The first-order chi connectivity index (χ1) is 16.8. The summed E-state index contributed by atoms with van der Waals surface area (Å²) in [5.41, 5.74) is 2.76. The van der Waals surface area contributed by atoms with E-state index in [1.54, 1.807) is 42.5 Å². The zero-order valence-electron chi connectivity index (χ0n) is 20.3. The van der Waals surface area contributed by atoms with Crippen LogP contribution in [0.15, 0.2) is 78.4 Å². The van der Waals surface area contributed by atoms with E-state index in [1.165, 1.54) is 12.0 Å². The molecule has 1 fully saturated rings. The van der Waals surface area contributed by atoms with Gasteiger partial charge in [-0.3, -0.25) is 14.5 Å². The maximum atomic E-state index is 13.4. The maximum Gasteiger partial charge on any atom is 0.300 e. The Balaban J connectivity index is 1.92. The van der Waals surface area contributed by atoms with E-state index >= 15 is 0 Å². The molecule has 1 unspecified atom stereocenters. The molecule has 1 heterocycles. The molecule has 1 N–H and O–H groups in total. The summed E-state index contributed by atoms with van der Waals surface area (Å²) in [5.74, 6) is -0.511.